The third kappa shape index (κ3) is 3.09. The number of carbonyl (C=O) groups is 1. The second-order valence-electron chi connectivity index (χ2n) is 4.58. The van der Waals surface area contributed by atoms with E-state index in [2.05, 4.69) is 15.5 Å². The zero-order valence-corrected chi connectivity index (χ0v) is 12.9. The molecule has 0 saturated carbocycles. The van der Waals surface area contributed by atoms with Crippen molar-refractivity contribution in [2.75, 3.05) is 0 Å². The van der Waals surface area contributed by atoms with Crippen LogP contribution in [-0.4, -0.2) is 21.9 Å². The number of aromatic nitrogens is 1. The molecule has 1 unspecified atom stereocenters. The smallest absolute Gasteiger partial charge is 0.234 e. The van der Waals surface area contributed by atoms with E-state index in [-0.39, 0.29) is 17.8 Å². The average molecular weight is 298 g/mol. The third-order valence-corrected chi connectivity index (χ3v) is 4.59. The van der Waals surface area contributed by atoms with E-state index in [0.29, 0.717) is 12.8 Å². The average Bonchev–Trinajstić information content (AvgIpc) is 3.00. The first-order valence-corrected chi connectivity index (χ1v) is 7.62. The zero-order chi connectivity index (χ0) is 15.2. The first-order valence-electron chi connectivity index (χ1n) is 6.74. The summed E-state index contributed by atoms with van der Waals surface area (Å²) in [6.07, 6.45) is 3.39. The zero-order valence-electron chi connectivity index (χ0n) is 12.1. The van der Waals surface area contributed by atoms with Gasteiger partial charge >= 0.3 is 0 Å². The molecular formula is C13H22N4O2S. The van der Waals surface area contributed by atoms with Gasteiger partial charge in [-0.25, -0.2) is 4.98 Å². The van der Waals surface area contributed by atoms with Crippen LogP contribution in [0.5, 0.6) is 0 Å². The fourth-order valence-electron chi connectivity index (χ4n) is 2.19. The molecule has 0 aliphatic rings. The Morgan fingerprint density at radius 1 is 1.55 bits per heavy atom. The van der Waals surface area contributed by atoms with Crippen LogP contribution < -0.4 is 11.1 Å². The van der Waals surface area contributed by atoms with E-state index in [0.717, 1.165) is 11.4 Å². The van der Waals surface area contributed by atoms with Crippen LogP contribution in [0.25, 0.3) is 0 Å². The van der Waals surface area contributed by atoms with Gasteiger partial charge in [-0.15, -0.1) is 11.3 Å². The number of carbonyl (C=O) groups excluding carboxylic acids is 1. The minimum Gasteiger partial charge on any atom is -0.409 e. The Morgan fingerprint density at radius 2 is 2.20 bits per heavy atom. The Hall–Kier alpha value is -1.63. The number of thiazole rings is 1. The first kappa shape index (κ1) is 16.4. The van der Waals surface area contributed by atoms with Crippen molar-refractivity contribution in [3.05, 3.63) is 16.6 Å². The Kier molecular flexibility index (Phi) is 5.94. The van der Waals surface area contributed by atoms with Crippen LogP contribution in [0.15, 0.2) is 16.7 Å². The predicted molar refractivity (Wildman–Crippen MR) is 79.7 cm³/mol. The minimum atomic E-state index is -0.973. The van der Waals surface area contributed by atoms with Gasteiger partial charge in [0.2, 0.25) is 5.91 Å². The number of amidine groups is 1. The van der Waals surface area contributed by atoms with E-state index in [4.69, 9.17) is 10.9 Å². The van der Waals surface area contributed by atoms with Crippen molar-refractivity contribution in [3.8, 4) is 0 Å². The van der Waals surface area contributed by atoms with Crippen LogP contribution in [0.2, 0.25) is 0 Å². The number of nitrogens with two attached hydrogens (primary N) is 1. The lowest BCUT2D eigenvalue weighted by molar-refractivity contribution is -0.128. The Morgan fingerprint density at radius 3 is 2.60 bits per heavy atom. The third-order valence-electron chi connectivity index (χ3n) is 3.70. The summed E-state index contributed by atoms with van der Waals surface area (Å²) < 4.78 is 0. The van der Waals surface area contributed by atoms with Crippen LogP contribution in [0.3, 0.4) is 0 Å². The minimum absolute atomic E-state index is 0.0472. The fraction of sp³-hybridized carbons (Fsp3) is 0.615. The quantitative estimate of drug-likeness (QED) is 0.311. The van der Waals surface area contributed by atoms with Crippen molar-refractivity contribution < 1.29 is 10.0 Å². The lowest BCUT2D eigenvalue weighted by atomic mass is 9.80. The van der Waals surface area contributed by atoms with Crippen molar-refractivity contribution in [1.29, 1.82) is 0 Å². The van der Waals surface area contributed by atoms with E-state index in [1.54, 1.807) is 6.20 Å². The van der Waals surface area contributed by atoms with Gasteiger partial charge in [0.25, 0.3) is 0 Å². The van der Waals surface area contributed by atoms with Gasteiger partial charge in [-0.05, 0) is 19.3 Å². The summed E-state index contributed by atoms with van der Waals surface area (Å²) in [7, 11) is 0. The largest absolute Gasteiger partial charge is 0.409 e. The number of hydrogen-bond donors (Lipinski definition) is 3. The standard InChI is InChI=1S/C13H22N4O2S/c1-4-9(10-15-7-8-20-10)16-12(18)13(5-2,6-3)11(14)17-19/h7-9,19H,4-6H2,1-3H3,(H2,14,17)(H,16,18). The summed E-state index contributed by atoms with van der Waals surface area (Å²) in [5, 5.41) is 17.7. The van der Waals surface area contributed by atoms with Crippen LogP contribution in [0.4, 0.5) is 0 Å². The highest BCUT2D eigenvalue weighted by atomic mass is 32.1. The normalized spacial score (nSPS) is 14.1. The molecule has 0 aliphatic heterocycles. The summed E-state index contributed by atoms with van der Waals surface area (Å²) in [5.74, 6) is -0.270. The maximum absolute atomic E-state index is 12.6. The van der Waals surface area contributed by atoms with Crippen LogP contribution >= 0.6 is 11.3 Å². The summed E-state index contributed by atoms with van der Waals surface area (Å²) in [6, 6.07) is -0.147. The lowest BCUT2D eigenvalue weighted by Gasteiger charge is -2.30. The lowest BCUT2D eigenvalue weighted by Crippen LogP contribution is -2.50. The topological polar surface area (TPSA) is 101 Å². The van der Waals surface area contributed by atoms with Crippen molar-refractivity contribution in [2.45, 2.75) is 46.1 Å². The highest BCUT2D eigenvalue weighted by Crippen LogP contribution is 2.29. The van der Waals surface area contributed by atoms with Gasteiger partial charge in [0.1, 0.15) is 10.4 Å². The van der Waals surface area contributed by atoms with E-state index >= 15 is 0 Å². The number of hydrogen-bond acceptors (Lipinski definition) is 5. The van der Waals surface area contributed by atoms with Gasteiger partial charge in [-0.1, -0.05) is 25.9 Å². The van der Waals surface area contributed by atoms with Crippen molar-refractivity contribution in [1.82, 2.24) is 10.3 Å². The molecule has 1 amide bonds. The van der Waals surface area contributed by atoms with Crippen molar-refractivity contribution in [3.63, 3.8) is 0 Å². The highest BCUT2D eigenvalue weighted by Gasteiger charge is 2.40. The molecule has 0 radical (unpaired) electrons. The molecule has 20 heavy (non-hydrogen) atoms. The summed E-state index contributed by atoms with van der Waals surface area (Å²) in [4.78, 5) is 16.8. The molecule has 0 bridgehead atoms. The van der Waals surface area contributed by atoms with E-state index in [1.165, 1.54) is 11.3 Å². The Labute approximate surface area is 123 Å². The van der Waals surface area contributed by atoms with Crippen LogP contribution in [-0.2, 0) is 4.79 Å². The molecular weight excluding hydrogens is 276 g/mol. The van der Waals surface area contributed by atoms with E-state index < -0.39 is 5.41 Å². The molecule has 0 aliphatic carbocycles. The molecule has 1 aromatic heterocycles. The van der Waals surface area contributed by atoms with Gasteiger partial charge in [0.15, 0.2) is 5.84 Å². The summed E-state index contributed by atoms with van der Waals surface area (Å²) >= 11 is 1.50. The van der Waals surface area contributed by atoms with Gasteiger partial charge < -0.3 is 16.3 Å². The SMILES string of the molecule is CCC(NC(=O)C(CC)(CC)C(N)=NO)c1nccs1. The number of nitrogens with zero attached hydrogens (tertiary/aromatic N) is 2. The predicted octanol–water partition coefficient (Wildman–Crippen LogP) is 2.26. The second-order valence-corrected chi connectivity index (χ2v) is 5.51. The molecule has 1 heterocycles. The maximum atomic E-state index is 12.6. The Balaban J connectivity index is 2.97. The number of amides is 1. The Bertz CT molecular complexity index is 455. The van der Waals surface area contributed by atoms with Crippen LogP contribution in [0, 0.1) is 5.41 Å². The highest BCUT2D eigenvalue weighted by molar-refractivity contribution is 7.09. The number of oxime groups is 1. The molecule has 1 atom stereocenters. The molecule has 0 saturated heterocycles. The monoisotopic (exact) mass is 298 g/mol. The summed E-state index contributed by atoms with van der Waals surface area (Å²) in [5.41, 5.74) is 4.76. The molecule has 0 spiro atoms. The van der Waals surface area contributed by atoms with E-state index in [9.17, 15) is 4.79 Å². The van der Waals surface area contributed by atoms with Gasteiger partial charge in [-0.2, -0.15) is 0 Å². The molecule has 1 aromatic rings. The fourth-order valence-corrected chi connectivity index (χ4v) is 2.96. The molecule has 0 aromatic carbocycles. The van der Waals surface area contributed by atoms with Crippen molar-refractivity contribution in [2.24, 2.45) is 16.3 Å². The van der Waals surface area contributed by atoms with Gasteiger partial charge in [0.05, 0.1) is 6.04 Å². The number of nitrogens with one attached hydrogen (secondary N) is 1. The van der Waals surface area contributed by atoms with Gasteiger partial charge in [0, 0.05) is 11.6 Å². The van der Waals surface area contributed by atoms with Gasteiger partial charge in [-0.3, -0.25) is 4.79 Å². The second kappa shape index (κ2) is 7.23. The molecule has 112 valence electrons. The first-order chi connectivity index (χ1) is 9.55. The van der Waals surface area contributed by atoms with E-state index in [1.807, 2.05) is 26.2 Å². The molecule has 0 fully saturated rings. The molecule has 7 heteroatoms. The molecule has 4 N–H and O–H groups in total. The molecule has 1 rings (SSSR count). The maximum Gasteiger partial charge on any atom is 0.234 e. The molecule has 6 nitrogen and oxygen atoms in total. The van der Waals surface area contributed by atoms with Crippen molar-refractivity contribution >= 4 is 23.1 Å². The van der Waals surface area contributed by atoms with Crippen LogP contribution in [0.1, 0.15) is 51.1 Å². The summed E-state index contributed by atoms with van der Waals surface area (Å²) in [6.45, 7) is 5.69. The number of rotatable bonds is 7.